The summed E-state index contributed by atoms with van der Waals surface area (Å²) < 4.78 is 42.2. The lowest BCUT2D eigenvalue weighted by Gasteiger charge is -2.44. The zero-order chi connectivity index (χ0) is 20.1. The number of hydrogen-bond acceptors (Lipinski definition) is 6. The van der Waals surface area contributed by atoms with Gasteiger partial charge in [0.25, 0.3) is 10.2 Å². The van der Waals surface area contributed by atoms with Crippen molar-refractivity contribution in [3.8, 4) is 11.4 Å². The fourth-order valence-corrected chi connectivity index (χ4v) is 4.10. The zero-order valence-corrected chi connectivity index (χ0v) is 16.5. The smallest absolute Gasteiger partial charge is 0.281 e. The number of fused-ring (bicyclic) bond motifs is 1. The highest BCUT2D eigenvalue weighted by Gasteiger charge is 2.37. The van der Waals surface area contributed by atoms with E-state index in [1.807, 2.05) is 11.0 Å². The van der Waals surface area contributed by atoms with Crippen molar-refractivity contribution in [3.05, 3.63) is 42.2 Å². The van der Waals surface area contributed by atoms with Crippen LogP contribution in [0, 0.1) is 5.82 Å². The molecule has 1 aromatic carbocycles. The van der Waals surface area contributed by atoms with Crippen molar-refractivity contribution >= 4 is 21.7 Å². The van der Waals surface area contributed by atoms with Gasteiger partial charge in [-0.1, -0.05) is 12.1 Å². The van der Waals surface area contributed by atoms with Gasteiger partial charge in [-0.05, 0) is 24.3 Å². The Labute approximate surface area is 162 Å². The van der Waals surface area contributed by atoms with Gasteiger partial charge in [-0.15, -0.1) is 15.3 Å². The quantitative estimate of drug-likeness (QED) is 0.626. The molecule has 0 N–H and O–H groups in total. The molecular weight excluding hydrogens is 385 g/mol. The third kappa shape index (κ3) is 3.11. The van der Waals surface area contributed by atoms with Gasteiger partial charge in [-0.25, -0.2) is 4.39 Å². The fraction of sp³-hybridized carbons (Fsp3) is 0.353. The lowest BCUT2D eigenvalue weighted by atomic mass is 10.1. The topological polar surface area (TPSA) is 86.9 Å². The van der Waals surface area contributed by atoms with Crippen LogP contribution in [-0.4, -0.2) is 77.1 Å². The Balaban J connectivity index is 1.58. The maximum Gasteiger partial charge on any atom is 0.281 e. The van der Waals surface area contributed by atoms with E-state index in [1.165, 1.54) is 34.8 Å². The van der Waals surface area contributed by atoms with E-state index in [0.29, 0.717) is 35.9 Å². The monoisotopic (exact) mass is 405 g/mol. The summed E-state index contributed by atoms with van der Waals surface area (Å²) in [5.41, 5.74) is 1.13. The van der Waals surface area contributed by atoms with Crippen LogP contribution in [0.15, 0.2) is 36.4 Å². The minimum atomic E-state index is -3.46. The first-order chi connectivity index (χ1) is 13.3. The van der Waals surface area contributed by atoms with Crippen LogP contribution >= 0.6 is 0 Å². The van der Waals surface area contributed by atoms with Gasteiger partial charge >= 0.3 is 0 Å². The van der Waals surface area contributed by atoms with Crippen LogP contribution in [0.25, 0.3) is 17.0 Å². The summed E-state index contributed by atoms with van der Waals surface area (Å²) in [5, 5.41) is 12.8. The van der Waals surface area contributed by atoms with Crippen molar-refractivity contribution in [3.63, 3.8) is 0 Å². The molecule has 1 aliphatic heterocycles. The van der Waals surface area contributed by atoms with Gasteiger partial charge in [-0.3, -0.25) is 0 Å². The molecule has 1 fully saturated rings. The Morgan fingerprint density at radius 2 is 1.86 bits per heavy atom. The van der Waals surface area contributed by atoms with Crippen LogP contribution in [0.4, 0.5) is 10.2 Å². The first kappa shape index (κ1) is 18.7. The van der Waals surface area contributed by atoms with E-state index in [1.54, 1.807) is 29.8 Å². The molecule has 3 aromatic rings. The van der Waals surface area contributed by atoms with Crippen molar-refractivity contribution < 1.29 is 12.8 Å². The molecule has 4 rings (SSSR count). The van der Waals surface area contributed by atoms with Crippen LogP contribution in [0.5, 0.6) is 0 Å². The minimum Gasteiger partial charge on any atom is -0.352 e. The van der Waals surface area contributed by atoms with Crippen molar-refractivity contribution in [2.24, 2.45) is 0 Å². The summed E-state index contributed by atoms with van der Waals surface area (Å²) >= 11 is 0. The predicted molar refractivity (Wildman–Crippen MR) is 103 cm³/mol. The molecule has 1 aliphatic rings. The molecule has 0 saturated carbocycles. The molecular formula is C17H20FN7O2S. The van der Waals surface area contributed by atoms with Crippen LogP contribution in [0.3, 0.4) is 0 Å². The number of nitrogens with zero attached hydrogens (tertiary/aromatic N) is 7. The van der Waals surface area contributed by atoms with E-state index in [2.05, 4.69) is 15.3 Å². The first-order valence-corrected chi connectivity index (χ1v) is 10.1. The van der Waals surface area contributed by atoms with Crippen molar-refractivity contribution in [1.29, 1.82) is 0 Å². The van der Waals surface area contributed by atoms with Gasteiger partial charge in [0.15, 0.2) is 11.5 Å². The Bertz CT molecular complexity index is 1130. The van der Waals surface area contributed by atoms with Crippen LogP contribution in [0.2, 0.25) is 0 Å². The highest BCUT2D eigenvalue weighted by Crippen LogP contribution is 2.25. The molecule has 9 nitrogen and oxygen atoms in total. The Morgan fingerprint density at radius 3 is 2.54 bits per heavy atom. The molecule has 0 bridgehead atoms. The van der Waals surface area contributed by atoms with Gasteiger partial charge in [0, 0.05) is 39.8 Å². The number of halogens is 1. The van der Waals surface area contributed by atoms with Crippen LogP contribution in [-0.2, 0) is 10.2 Å². The number of hydrogen-bond donors (Lipinski definition) is 0. The molecule has 2 aromatic heterocycles. The number of anilines is 1. The van der Waals surface area contributed by atoms with Crippen LogP contribution in [0.1, 0.15) is 0 Å². The highest BCUT2D eigenvalue weighted by molar-refractivity contribution is 7.86. The van der Waals surface area contributed by atoms with Gasteiger partial charge in [-0.2, -0.15) is 21.5 Å². The number of aromatic nitrogens is 4. The average molecular weight is 405 g/mol. The minimum absolute atomic E-state index is 0.131. The highest BCUT2D eigenvalue weighted by atomic mass is 32.2. The summed E-state index contributed by atoms with van der Waals surface area (Å²) in [6.07, 6.45) is 0. The molecule has 0 spiro atoms. The maximum atomic E-state index is 13.6. The molecule has 28 heavy (non-hydrogen) atoms. The van der Waals surface area contributed by atoms with E-state index >= 15 is 0 Å². The van der Waals surface area contributed by atoms with Gasteiger partial charge in [0.2, 0.25) is 0 Å². The van der Waals surface area contributed by atoms with Crippen molar-refractivity contribution in [2.45, 2.75) is 6.04 Å². The molecule has 11 heteroatoms. The predicted octanol–water partition coefficient (Wildman–Crippen LogP) is 0.857. The SMILES string of the molecule is CN(C)S(=O)(=O)N(C)C1CN(c2ccc3nnc(-c4cccc(F)c4)n3n2)C1. The van der Waals surface area contributed by atoms with Gasteiger partial charge in [0.1, 0.15) is 11.6 Å². The number of benzene rings is 1. The normalized spacial score (nSPS) is 15.6. The Morgan fingerprint density at radius 1 is 1.11 bits per heavy atom. The Hall–Kier alpha value is -2.63. The molecule has 0 unspecified atom stereocenters. The van der Waals surface area contributed by atoms with E-state index in [4.69, 9.17) is 0 Å². The largest absolute Gasteiger partial charge is 0.352 e. The first-order valence-electron chi connectivity index (χ1n) is 8.66. The third-order valence-electron chi connectivity index (χ3n) is 4.86. The molecule has 0 radical (unpaired) electrons. The van der Waals surface area contributed by atoms with E-state index < -0.39 is 10.2 Å². The second kappa shape index (κ2) is 6.76. The van der Waals surface area contributed by atoms with Crippen LogP contribution < -0.4 is 4.90 Å². The van der Waals surface area contributed by atoms with E-state index in [9.17, 15) is 12.8 Å². The summed E-state index contributed by atoms with van der Waals surface area (Å²) in [6.45, 7) is 1.05. The fourth-order valence-electron chi connectivity index (χ4n) is 3.07. The Kier molecular flexibility index (Phi) is 4.52. The summed E-state index contributed by atoms with van der Waals surface area (Å²) in [5.74, 6) is 0.763. The van der Waals surface area contributed by atoms with E-state index in [0.717, 1.165) is 0 Å². The molecule has 3 heterocycles. The second-order valence-corrected chi connectivity index (χ2v) is 9.06. The second-order valence-electron chi connectivity index (χ2n) is 6.86. The summed E-state index contributed by atoms with van der Waals surface area (Å²) in [7, 11) is 1.15. The summed E-state index contributed by atoms with van der Waals surface area (Å²) in [4.78, 5) is 1.97. The molecule has 0 atom stereocenters. The van der Waals surface area contributed by atoms with Crippen molar-refractivity contribution in [2.75, 3.05) is 39.1 Å². The maximum absolute atomic E-state index is 13.6. The van der Waals surface area contributed by atoms with E-state index in [-0.39, 0.29) is 11.9 Å². The molecule has 1 saturated heterocycles. The standard InChI is InChI=1S/C17H20FN7O2S/c1-22(2)28(26,27)23(3)14-10-24(11-14)16-8-7-15-19-20-17(25(15)21-16)12-5-4-6-13(18)9-12/h4-9,14H,10-11H2,1-3H3. The lowest BCUT2D eigenvalue weighted by molar-refractivity contribution is 0.293. The molecule has 148 valence electrons. The van der Waals surface area contributed by atoms with Crippen molar-refractivity contribution in [1.82, 2.24) is 28.4 Å². The number of likely N-dealkylation sites (N-methyl/N-ethyl adjacent to an activating group) is 1. The lowest BCUT2D eigenvalue weighted by Crippen LogP contribution is -2.61. The third-order valence-corrected chi connectivity index (χ3v) is 6.81. The molecule has 0 amide bonds. The number of rotatable bonds is 5. The summed E-state index contributed by atoms with van der Waals surface area (Å²) in [6, 6.07) is 9.57. The molecule has 0 aliphatic carbocycles. The van der Waals surface area contributed by atoms with Gasteiger partial charge in [0.05, 0.1) is 6.04 Å². The zero-order valence-electron chi connectivity index (χ0n) is 15.7. The average Bonchev–Trinajstić information content (AvgIpc) is 3.03. The van der Waals surface area contributed by atoms with Gasteiger partial charge < -0.3 is 4.90 Å².